The zero-order chi connectivity index (χ0) is 18.6. The van der Waals surface area contributed by atoms with Crippen LogP contribution < -0.4 is 10.1 Å². The first-order valence-corrected chi connectivity index (χ1v) is 9.79. The average Bonchev–Trinajstić information content (AvgIpc) is 3.34. The minimum Gasteiger partial charge on any atom is -0.493 e. The summed E-state index contributed by atoms with van der Waals surface area (Å²) in [5, 5.41) is 3.03. The van der Waals surface area contributed by atoms with Crippen molar-refractivity contribution in [3.63, 3.8) is 0 Å². The van der Waals surface area contributed by atoms with Crippen LogP contribution in [0.15, 0.2) is 30.4 Å². The Kier molecular flexibility index (Phi) is 3.79. The molecule has 27 heavy (non-hydrogen) atoms. The Morgan fingerprint density at radius 1 is 1.41 bits per heavy atom. The van der Waals surface area contributed by atoms with E-state index in [4.69, 9.17) is 9.47 Å². The van der Waals surface area contributed by atoms with Gasteiger partial charge in [-0.1, -0.05) is 24.3 Å². The fourth-order valence-corrected chi connectivity index (χ4v) is 4.98. The second-order valence-corrected chi connectivity index (χ2v) is 7.86. The Morgan fingerprint density at radius 2 is 2.30 bits per heavy atom. The number of hydrogen-bond acceptors (Lipinski definition) is 4. The van der Waals surface area contributed by atoms with Gasteiger partial charge in [0.15, 0.2) is 0 Å². The summed E-state index contributed by atoms with van der Waals surface area (Å²) in [7, 11) is 0. The highest BCUT2D eigenvalue weighted by atomic mass is 16.5. The van der Waals surface area contributed by atoms with Crippen molar-refractivity contribution in [1.29, 1.82) is 0 Å². The zero-order valence-corrected chi connectivity index (χ0v) is 15.4. The molecular formula is C21H24N2O4. The summed E-state index contributed by atoms with van der Waals surface area (Å²) in [6.45, 7) is 4.37. The molecule has 2 saturated heterocycles. The van der Waals surface area contributed by atoms with Gasteiger partial charge in [-0.25, -0.2) is 0 Å². The van der Waals surface area contributed by atoms with Crippen LogP contribution in [0.5, 0.6) is 5.75 Å². The summed E-state index contributed by atoms with van der Waals surface area (Å²) in [5.41, 5.74) is 1.64. The van der Waals surface area contributed by atoms with E-state index in [1.807, 2.05) is 31.2 Å². The van der Waals surface area contributed by atoms with Crippen molar-refractivity contribution in [3.05, 3.63) is 41.5 Å². The summed E-state index contributed by atoms with van der Waals surface area (Å²) in [6.07, 6.45) is 5.67. The summed E-state index contributed by atoms with van der Waals surface area (Å²) >= 11 is 0. The van der Waals surface area contributed by atoms with Crippen LogP contribution in [0.3, 0.4) is 0 Å². The normalized spacial score (nSPS) is 33.0. The van der Waals surface area contributed by atoms with Gasteiger partial charge in [-0.2, -0.15) is 0 Å². The van der Waals surface area contributed by atoms with Gasteiger partial charge in [-0.15, -0.1) is 0 Å². The van der Waals surface area contributed by atoms with Crippen LogP contribution in [0.25, 0.3) is 0 Å². The van der Waals surface area contributed by atoms with Crippen molar-refractivity contribution in [3.8, 4) is 5.75 Å². The molecule has 1 aromatic rings. The van der Waals surface area contributed by atoms with Gasteiger partial charge in [0.25, 0.3) is 0 Å². The lowest BCUT2D eigenvalue weighted by Crippen LogP contribution is -2.43. The van der Waals surface area contributed by atoms with Crippen LogP contribution in [-0.4, -0.2) is 48.1 Å². The number of rotatable bonds is 4. The first kappa shape index (κ1) is 16.8. The highest BCUT2D eigenvalue weighted by Gasteiger charge is 2.66. The third-order valence-electron chi connectivity index (χ3n) is 6.30. The maximum absolute atomic E-state index is 13.0. The highest BCUT2D eigenvalue weighted by molar-refractivity contribution is 5.93. The highest BCUT2D eigenvalue weighted by Crippen LogP contribution is 2.51. The third-order valence-corrected chi connectivity index (χ3v) is 6.30. The second kappa shape index (κ2) is 6.09. The van der Waals surface area contributed by atoms with E-state index in [1.165, 1.54) is 5.56 Å². The lowest BCUT2D eigenvalue weighted by molar-refractivity contribution is -0.137. The maximum atomic E-state index is 13.0. The standard InChI is InChI=1S/C21H24N2O4/c1-2-23-12-21-8-7-16(27-21)17(18(21)20(23)25)19(24)22-11-13-5-6-15-14(10-13)4-3-9-26-15/h5-8,10,16-18H,2-4,9,11-12H2,1H3,(H,22,24)/t16-,17+,18+,21-/m1/s1. The van der Waals surface area contributed by atoms with Crippen molar-refractivity contribution in [2.45, 2.75) is 38.0 Å². The molecule has 4 heterocycles. The SMILES string of the molecule is CCN1C[C@@]23C=C[C@@H](O2)[C@H](C(=O)NCc2ccc4c(c2)CCCO4)[C@H]3C1=O. The van der Waals surface area contributed by atoms with E-state index >= 15 is 0 Å². The first-order chi connectivity index (χ1) is 13.1. The number of likely N-dealkylation sites (N-methyl/N-ethyl adjacent to an activating group) is 1. The summed E-state index contributed by atoms with van der Waals surface area (Å²) in [6, 6.07) is 6.07. The fraction of sp³-hybridized carbons (Fsp3) is 0.524. The van der Waals surface area contributed by atoms with Crippen LogP contribution in [0.4, 0.5) is 0 Å². The molecule has 0 radical (unpaired) electrons. The molecule has 4 atom stereocenters. The molecule has 5 rings (SSSR count). The lowest BCUT2D eigenvalue weighted by atomic mass is 9.77. The van der Waals surface area contributed by atoms with Gasteiger partial charge in [0.2, 0.25) is 11.8 Å². The van der Waals surface area contributed by atoms with Gasteiger partial charge in [0, 0.05) is 13.1 Å². The smallest absolute Gasteiger partial charge is 0.230 e. The number of carbonyl (C=O) groups is 2. The van der Waals surface area contributed by atoms with Gasteiger partial charge in [-0.05, 0) is 37.0 Å². The number of carbonyl (C=O) groups excluding carboxylic acids is 2. The molecule has 2 fully saturated rings. The van der Waals surface area contributed by atoms with Crippen LogP contribution in [0.2, 0.25) is 0 Å². The Balaban J connectivity index is 1.30. The number of nitrogens with zero attached hydrogens (tertiary/aromatic N) is 1. The van der Waals surface area contributed by atoms with E-state index in [0.29, 0.717) is 19.6 Å². The number of ether oxygens (including phenoxy) is 2. The van der Waals surface area contributed by atoms with Crippen LogP contribution in [-0.2, 0) is 27.3 Å². The number of benzene rings is 1. The van der Waals surface area contributed by atoms with Crippen LogP contribution in [0, 0.1) is 11.8 Å². The van der Waals surface area contributed by atoms with Gasteiger partial charge in [-0.3, -0.25) is 9.59 Å². The minimum atomic E-state index is -0.608. The summed E-state index contributed by atoms with van der Waals surface area (Å²) in [4.78, 5) is 27.5. The zero-order valence-electron chi connectivity index (χ0n) is 15.4. The van der Waals surface area contributed by atoms with Gasteiger partial charge in [0.05, 0.1) is 31.1 Å². The molecule has 4 aliphatic heterocycles. The van der Waals surface area contributed by atoms with Crippen molar-refractivity contribution < 1.29 is 19.1 Å². The topological polar surface area (TPSA) is 67.9 Å². The van der Waals surface area contributed by atoms with Crippen molar-refractivity contribution in [2.24, 2.45) is 11.8 Å². The molecule has 0 unspecified atom stereocenters. The van der Waals surface area contributed by atoms with Crippen molar-refractivity contribution in [1.82, 2.24) is 10.2 Å². The molecule has 6 heteroatoms. The van der Waals surface area contributed by atoms with Gasteiger partial charge >= 0.3 is 0 Å². The minimum absolute atomic E-state index is 0.0374. The quantitative estimate of drug-likeness (QED) is 0.817. The monoisotopic (exact) mass is 368 g/mol. The lowest BCUT2D eigenvalue weighted by Gasteiger charge is -2.23. The molecule has 4 aliphatic rings. The van der Waals surface area contributed by atoms with Gasteiger partial charge in [0.1, 0.15) is 11.4 Å². The van der Waals surface area contributed by atoms with E-state index in [0.717, 1.165) is 30.8 Å². The molecule has 0 aromatic heterocycles. The number of likely N-dealkylation sites (tertiary alicyclic amines) is 1. The predicted octanol–water partition coefficient (Wildman–Crippen LogP) is 1.43. The van der Waals surface area contributed by atoms with Gasteiger partial charge < -0.3 is 19.7 Å². The average molecular weight is 368 g/mol. The van der Waals surface area contributed by atoms with E-state index in [1.54, 1.807) is 4.90 Å². The molecule has 6 nitrogen and oxygen atoms in total. The third kappa shape index (κ3) is 2.50. The largest absolute Gasteiger partial charge is 0.493 e. The number of amides is 2. The molecule has 2 amide bonds. The number of aryl methyl sites for hydroxylation is 1. The Labute approximate surface area is 158 Å². The summed E-state index contributed by atoms with van der Waals surface area (Å²) in [5.74, 6) is 0.0393. The van der Waals surface area contributed by atoms with Crippen LogP contribution in [0.1, 0.15) is 24.5 Å². The number of nitrogens with one attached hydrogen (secondary N) is 1. The molecular weight excluding hydrogens is 344 g/mol. The Bertz CT molecular complexity index is 835. The molecule has 2 bridgehead atoms. The second-order valence-electron chi connectivity index (χ2n) is 7.86. The molecule has 0 aliphatic carbocycles. The maximum Gasteiger partial charge on any atom is 0.230 e. The molecule has 1 spiro atoms. The van der Waals surface area contributed by atoms with Crippen LogP contribution >= 0.6 is 0 Å². The van der Waals surface area contributed by atoms with Crippen molar-refractivity contribution >= 4 is 11.8 Å². The summed E-state index contributed by atoms with van der Waals surface area (Å²) < 4.78 is 11.7. The predicted molar refractivity (Wildman–Crippen MR) is 98.1 cm³/mol. The molecule has 1 N–H and O–H groups in total. The number of hydrogen-bond donors (Lipinski definition) is 1. The van der Waals surface area contributed by atoms with E-state index < -0.39 is 17.4 Å². The van der Waals surface area contributed by atoms with E-state index in [-0.39, 0.29) is 17.9 Å². The van der Waals surface area contributed by atoms with Crippen molar-refractivity contribution in [2.75, 3.05) is 19.7 Å². The first-order valence-electron chi connectivity index (χ1n) is 9.79. The molecule has 0 saturated carbocycles. The number of fused-ring (bicyclic) bond motifs is 2. The van der Waals surface area contributed by atoms with E-state index in [9.17, 15) is 9.59 Å². The fourth-order valence-electron chi connectivity index (χ4n) is 4.98. The Morgan fingerprint density at radius 3 is 3.15 bits per heavy atom. The Hall–Kier alpha value is -2.34. The molecule has 1 aromatic carbocycles. The van der Waals surface area contributed by atoms with E-state index in [2.05, 4.69) is 11.4 Å². The molecule has 142 valence electrons.